The minimum atomic E-state index is -0.634. The molecular formula is C34H33ClN4O4. The number of carbonyl (C=O) groups excluding carboxylic acids is 2. The van der Waals surface area contributed by atoms with Gasteiger partial charge in [0, 0.05) is 35.2 Å². The number of anilines is 2. The second kappa shape index (κ2) is 11.3. The van der Waals surface area contributed by atoms with Crippen molar-refractivity contribution < 1.29 is 19.1 Å². The van der Waals surface area contributed by atoms with E-state index in [1.54, 1.807) is 44.0 Å². The number of aromatic amines is 1. The minimum absolute atomic E-state index is 0.0388. The highest BCUT2D eigenvalue weighted by Gasteiger charge is 2.36. The molecule has 220 valence electrons. The normalized spacial score (nSPS) is 14.6. The van der Waals surface area contributed by atoms with E-state index in [9.17, 15) is 9.59 Å². The van der Waals surface area contributed by atoms with Crippen molar-refractivity contribution in [3.63, 3.8) is 0 Å². The molecule has 8 nitrogen and oxygen atoms in total. The number of aromatic nitrogens is 2. The number of nitrogens with zero attached hydrogens (tertiary/aromatic N) is 2. The van der Waals surface area contributed by atoms with Gasteiger partial charge in [0.25, 0.3) is 5.91 Å². The Morgan fingerprint density at radius 3 is 2.63 bits per heavy atom. The number of ether oxygens (including phenoxy) is 2. The highest BCUT2D eigenvalue weighted by molar-refractivity contribution is 6.19. The summed E-state index contributed by atoms with van der Waals surface area (Å²) in [6, 6.07) is 21.6. The predicted molar refractivity (Wildman–Crippen MR) is 171 cm³/mol. The zero-order valence-electron chi connectivity index (χ0n) is 24.5. The fourth-order valence-electron chi connectivity index (χ4n) is 5.63. The van der Waals surface area contributed by atoms with E-state index in [0.29, 0.717) is 41.8 Å². The van der Waals surface area contributed by atoms with Crippen molar-refractivity contribution >= 4 is 56.8 Å². The number of H-pyrrole nitrogens is 1. The van der Waals surface area contributed by atoms with Gasteiger partial charge in [-0.05, 0) is 61.9 Å². The van der Waals surface area contributed by atoms with Crippen molar-refractivity contribution in [3.8, 4) is 5.75 Å². The van der Waals surface area contributed by atoms with Gasteiger partial charge in [-0.25, -0.2) is 9.78 Å². The van der Waals surface area contributed by atoms with Gasteiger partial charge in [-0.15, -0.1) is 11.6 Å². The van der Waals surface area contributed by atoms with E-state index in [1.807, 2.05) is 42.5 Å². The first kappa shape index (κ1) is 28.6. The maximum atomic E-state index is 14.1. The lowest BCUT2D eigenvalue weighted by molar-refractivity contribution is 0.0635. The van der Waals surface area contributed by atoms with Gasteiger partial charge in [0.2, 0.25) is 0 Å². The third-order valence-corrected chi connectivity index (χ3v) is 7.86. The van der Waals surface area contributed by atoms with Crippen molar-refractivity contribution in [1.29, 1.82) is 0 Å². The largest absolute Gasteiger partial charge is 0.488 e. The van der Waals surface area contributed by atoms with Crippen LogP contribution in [0.15, 0.2) is 72.9 Å². The summed E-state index contributed by atoms with van der Waals surface area (Å²) < 4.78 is 11.7. The Morgan fingerprint density at radius 2 is 1.88 bits per heavy atom. The lowest BCUT2D eigenvalue weighted by Crippen LogP contribution is -2.30. The van der Waals surface area contributed by atoms with Gasteiger partial charge in [-0.2, -0.15) is 0 Å². The first-order valence-electron chi connectivity index (χ1n) is 14.2. The van der Waals surface area contributed by atoms with Crippen LogP contribution in [0.25, 0.3) is 21.7 Å². The third-order valence-electron chi connectivity index (χ3n) is 7.49. The van der Waals surface area contributed by atoms with Crippen LogP contribution in [0, 0.1) is 6.92 Å². The molecule has 6 rings (SSSR count). The molecule has 3 aromatic carbocycles. The van der Waals surface area contributed by atoms with Crippen LogP contribution in [0.3, 0.4) is 0 Å². The lowest BCUT2D eigenvalue weighted by atomic mass is 9.92. The number of halogens is 1. The first-order chi connectivity index (χ1) is 20.6. The van der Waals surface area contributed by atoms with Gasteiger partial charge in [0.15, 0.2) is 0 Å². The highest BCUT2D eigenvalue weighted by atomic mass is 35.5. The summed E-state index contributed by atoms with van der Waals surface area (Å²) >= 11 is 6.52. The SMILES string of the molecule is Cc1cccc2c(OCc3ccccc3)cc3c(c12)[C@H](CCl)CN3C(=O)c1cc2cc(NC(=O)OC(C)(C)C)ncc2[nH]1. The molecule has 0 fully saturated rings. The Balaban J connectivity index is 1.35. The number of fused-ring (bicyclic) bond motifs is 4. The summed E-state index contributed by atoms with van der Waals surface area (Å²) in [7, 11) is 0. The quantitative estimate of drug-likeness (QED) is 0.194. The molecule has 0 unspecified atom stereocenters. The maximum Gasteiger partial charge on any atom is 0.413 e. The average molecular weight is 597 g/mol. The van der Waals surface area contributed by atoms with Crippen molar-refractivity contribution in [1.82, 2.24) is 9.97 Å². The Hall–Kier alpha value is -4.56. The number of hydrogen-bond acceptors (Lipinski definition) is 5. The van der Waals surface area contributed by atoms with E-state index in [0.717, 1.165) is 38.5 Å². The van der Waals surface area contributed by atoms with E-state index in [4.69, 9.17) is 21.1 Å². The van der Waals surface area contributed by atoms with E-state index < -0.39 is 11.7 Å². The summed E-state index contributed by atoms with van der Waals surface area (Å²) in [5.74, 6) is 1.20. The zero-order valence-corrected chi connectivity index (χ0v) is 25.3. The molecule has 1 aliphatic rings. The summed E-state index contributed by atoms with van der Waals surface area (Å²) in [5.41, 5.74) is 4.46. The van der Waals surface area contributed by atoms with Crippen molar-refractivity contribution in [3.05, 3.63) is 95.3 Å². The van der Waals surface area contributed by atoms with Gasteiger partial charge in [-0.1, -0.05) is 48.5 Å². The fraction of sp³-hybridized carbons (Fsp3) is 0.265. The molecule has 43 heavy (non-hydrogen) atoms. The van der Waals surface area contributed by atoms with Crippen molar-refractivity contribution in [2.24, 2.45) is 0 Å². The number of alkyl halides is 1. The Bertz CT molecular complexity index is 1840. The van der Waals surface area contributed by atoms with Crippen LogP contribution in [0.4, 0.5) is 16.3 Å². The van der Waals surface area contributed by atoms with Crippen LogP contribution in [-0.2, 0) is 11.3 Å². The molecular weight excluding hydrogens is 564 g/mol. The Morgan fingerprint density at radius 1 is 1.09 bits per heavy atom. The predicted octanol–water partition coefficient (Wildman–Crippen LogP) is 7.93. The minimum Gasteiger partial charge on any atom is -0.488 e. The maximum absolute atomic E-state index is 14.1. The molecule has 0 spiro atoms. The third kappa shape index (κ3) is 5.75. The number of aryl methyl sites for hydroxylation is 1. The second-order valence-electron chi connectivity index (χ2n) is 11.8. The molecule has 5 aromatic rings. The number of rotatable bonds is 6. The molecule has 9 heteroatoms. The number of benzene rings is 3. The molecule has 0 radical (unpaired) electrons. The second-order valence-corrected chi connectivity index (χ2v) is 12.1. The molecule has 2 aromatic heterocycles. The van der Waals surface area contributed by atoms with Crippen LogP contribution < -0.4 is 15.0 Å². The van der Waals surface area contributed by atoms with Gasteiger partial charge < -0.3 is 19.4 Å². The van der Waals surface area contributed by atoms with Gasteiger partial charge in [-0.3, -0.25) is 10.1 Å². The smallest absolute Gasteiger partial charge is 0.413 e. The topological polar surface area (TPSA) is 96.6 Å². The van der Waals surface area contributed by atoms with Gasteiger partial charge in [0.05, 0.1) is 17.4 Å². The molecule has 0 saturated carbocycles. The summed E-state index contributed by atoms with van der Waals surface area (Å²) in [6.45, 7) is 8.31. The molecule has 1 atom stereocenters. The zero-order chi connectivity index (χ0) is 30.3. The van der Waals surface area contributed by atoms with E-state index in [1.165, 1.54) is 0 Å². The van der Waals surface area contributed by atoms with E-state index in [-0.39, 0.29) is 11.8 Å². The van der Waals surface area contributed by atoms with E-state index in [2.05, 4.69) is 34.3 Å². The number of nitrogens with one attached hydrogen (secondary N) is 2. The monoisotopic (exact) mass is 596 g/mol. The van der Waals surface area contributed by atoms with E-state index >= 15 is 0 Å². The highest BCUT2D eigenvalue weighted by Crippen LogP contribution is 2.47. The fourth-order valence-corrected chi connectivity index (χ4v) is 5.88. The standard InChI is InChI=1S/C34H33ClN4O4/c1-20-9-8-12-24-28(42-19-21-10-6-5-7-11-21)15-27-31(30(20)24)23(16-35)18-39(27)32(40)25-13-22-14-29(36-17-26(22)37-25)38-33(41)43-34(2,3)4/h5-15,17,23,37H,16,18-19H2,1-4H3,(H,36,38,41)/t23-/m1/s1. The number of hydrogen-bond donors (Lipinski definition) is 2. The molecule has 0 bridgehead atoms. The van der Waals surface area contributed by atoms with Crippen molar-refractivity contribution in [2.75, 3.05) is 22.6 Å². The van der Waals surface area contributed by atoms with Crippen LogP contribution >= 0.6 is 11.6 Å². The van der Waals surface area contributed by atoms with Crippen LogP contribution in [0.5, 0.6) is 5.75 Å². The van der Waals surface area contributed by atoms with Gasteiger partial charge in [0.1, 0.15) is 29.5 Å². The van der Waals surface area contributed by atoms with Crippen LogP contribution in [0.2, 0.25) is 0 Å². The Kier molecular flexibility index (Phi) is 7.48. The number of amides is 2. The molecule has 2 amide bonds. The van der Waals surface area contributed by atoms with Crippen molar-refractivity contribution in [2.45, 2.75) is 45.8 Å². The molecule has 3 heterocycles. The van der Waals surface area contributed by atoms with Crippen LogP contribution in [0.1, 0.15) is 53.9 Å². The Labute approximate surface area is 255 Å². The molecule has 2 N–H and O–H groups in total. The molecule has 1 aliphatic heterocycles. The summed E-state index contributed by atoms with van der Waals surface area (Å²) in [5, 5.41) is 5.46. The number of carbonyl (C=O) groups is 2. The number of pyridine rings is 1. The van der Waals surface area contributed by atoms with Gasteiger partial charge >= 0.3 is 6.09 Å². The molecule has 0 aliphatic carbocycles. The molecule has 0 saturated heterocycles. The summed E-state index contributed by atoms with van der Waals surface area (Å²) in [6.07, 6.45) is 0.991. The summed E-state index contributed by atoms with van der Waals surface area (Å²) in [4.78, 5) is 35.6. The van der Waals surface area contributed by atoms with Crippen LogP contribution in [-0.4, -0.2) is 40.0 Å². The first-order valence-corrected chi connectivity index (χ1v) is 14.7. The average Bonchev–Trinajstić information content (AvgIpc) is 3.56. The lowest BCUT2D eigenvalue weighted by Gasteiger charge is -2.20.